The minimum atomic E-state index is -0.746. The van der Waals surface area contributed by atoms with Crippen LogP contribution in [0.1, 0.15) is 33.6 Å². The molecule has 0 aromatic carbocycles. The van der Waals surface area contributed by atoms with Crippen LogP contribution in [0.15, 0.2) is 17.3 Å². The van der Waals surface area contributed by atoms with Gasteiger partial charge in [-0.25, -0.2) is 0 Å². The minimum Gasteiger partial charge on any atom is -0.386 e. The fraction of sp³-hybridized carbons (Fsp3) is 0.800. The van der Waals surface area contributed by atoms with Crippen molar-refractivity contribution in [2.24, 2.45) is 11.1 Å². The van der Waals surface area contributed by atoms with E-state index in [1.54, 1.807) is 19.1 Å². The van der Waals surface area contributed by atoms with Gasteiger partial charge in [-0.05, 0) is 25.7 Å². The number of aliphatic hydroxyl groups is 1. The summed E-state index contributed by atoms with van der Waals surface area (Å²) in [5.41, 5.74) is -1.36. The third-order valence-electron chi connectivity index (χ3n) is 2.97. The van der Waals surface area contributed by atoms with Crippen LogP contribution in [0.25, 0.3) is 0 Å². The predicted molar refractivity (Wildman–Crippen MR) is 52.4 cm³/mol. The Morgan fingerprint density at radius 1 is 1.38 bits per heavy atom. The average molecular weight is 183 g/mol. The van der Waals surface area contributed by atoms with Gasteiger partial charge in [0.25, 0.3) is 0 Å². The summed E-state index contributed by atoms with van der Waals surface area (Å²) in [6.45, 7) is 5.74. The fourth-order valence-electron chi connectivity index (χ4n) is 1.50. The van der Waals surface area contributed by atoms with E-state index in [0.29, 0.717) is 12.8 Å². The van der Waals surface area contributed by atoms with E-state index in [0.717, 1.165) is 0 Å². The zero-order valence-electron chi connectivity index (χ0n) is 8.45. The number of hydrogen-bond acceptors (Lipinski definition) is 3. The van der Waals surface area contributed by atoms with E-state index in [4.69, 9.17) is 0 Å². The largest absolute Gasteiger partial charge is 0.386 e. The molecule has 3 nitrogen and oxygen atoms in total. The van der Waals surface area contributed by atoms with Crippen LogP contribution in [0.5, 0.6) is 0 Å². The lowest BCUT2D eigenvalue weighted by atomic mass is 9.76. The molecule has 0 bridgehead atoms. The summed E-state index contributed by atoms with van der Waals surface area (Å²) >= 11 is 0. The lowest BCUT2D eigenvalue weighted by Crippen LogP contribution is -2.39. The van der Waals surface area contributed by atoms with Crippen molar-refractivity contribution in [3.63, 3.8) is 0 Å². The molecule has 74 valence electrons. The summed E-state index contributed by atoms with van der Waals surface area (Å²) in [6, 6.07) is 0. The minimum absolute atomic E-state index is 0.181. The van der Waals surface area contributed by atoms with Gasteiger partial charge in [0.15, 0.2) is 0 Å². The smallest absolute Gasteiger partial charge is 0.118 e. The van der Waals surface area contributed by atoms with Crippen molar-refractivity contribution in [3.8, 4) is 0 Å². The van der Waals surface area contributed by atoms with E-state index < -0.39 is 11.1 Å². The van der Waals surface area contributed by atoms with E-state index in [-0.39, 0.29) is 5.92 Å². The van der Waals surface area contributed by atoms with Crippen molar-refractivity contribution >= 4 is 0 Å². The Kier molecular flexibility index (Phi) is 2.57. The highest BCUT2D eigenvalue weighted by Gasteiger charge is 2.37. The van der Waals surface area contributed by atoms with Gasteiger partial charge in [-0.15, -0.1) is 4.91 Å². The van der Waals surface area contributed by atoms with Crippen LogP contribution in [0, 0.1) is 10.8 Å². The summed E-state index contributed by atoms with van der Waals surface area (Å²) in [4.78, 5) is 10.5. The van der Waals surface area contributed by atoms with Gasteiger partial charge in [0.05, 0.1) is 5.60 Å². The Morgan fingerprint density at radius 3 is 2.31 bits per heavy atom. The molecule has 2 atom stereocenters. The van der Waals surface area contributed by atoms with Gasteiger partial charge in [0.1, 0.15) is 5.54 Å². The van der Waals surface area contributed by atoms with Gasteiger partial charge in [-0.3, -0.25) is 0 Å². The summed E-state index contributed by atoms with van der Waals surface area (Å²) in [5, 5.41) is 13.1. The second-order valence-electron chi connectivity index (χ2n) is 4.43. The third-order valence-corrected chi connectivity index (χ3v) is 2.97. The highest BCUT2D eigenvalue weighted by atomic mass is 16.3. The molecule has 0 saturated heterocycles. The van der Waals surface area contributed by atoms with Crippen molar-refractivity contribution in [2.75, 3.05) is 0 Å². The quantitative estimate of drug-likeness (QED) is 0.527. The van der Waals surface area contributed by atoms with Crippen LogP contribution in [0.2, 0.25) is 0 Å². The molecule has 0 spiro atoms. The molecule has 1 N–H and O–H groups in total. The summed E-state index contributed by atoms with van der Waals surface area (Å²) in [6.07, 6.45) is 4.69. The molecule has 1 aliphatic carbocycles. The Balaban J connectivity index is 2.82. The Bertz CT molecular complexity index is 237. The van der Waals surface area contributed by atoms with Crippen molar-refractivity contribution < 1.29 is 5.11 Å². The van der Waals surface area contributed by atoms with Crippen molar-refractivity contribution in [1.29, 1.82) is 0 Å². The fourth-order valence-corrected chi connectivity index (χ4v) is 1.50. The first kappa shape index (κ1) is 10.4. The van der Waals surface area contributed by atoms with E-state index in [9.17, 15) is 10.0 Å². The van der Waals surface area contributed by atoms with Crippen molar-refractivity contribution in [1.82, 2.24) is 0 Å². The molecule has 13 heavy (non-hydrogen) atoms. The predicted octanol–water partition coefficient (Wildman–Crippen LogP) is 2.25. The summed E-state index contributed by atoms with van der Waals surface area (Å²) in [5.74, 6) is 0.181. The molecule has 1 rings (SSSR count). The van der Waals surface area contributed by atoms with Crippen LogP contribution < -0.4 is 0 Å². The molecule has 0 heterocycles. The van der Waals surface area contributed by atoms with Crippen LogP contribution in [-0.2, 0) is 0 Å². The number of nitroso groups, excluding NO2 is 1. The van der Waals surface area contributed by atoms with E-state index in [1.165, 1.54) is 0 Å². The van der Waals surface area contributed by atoms with Crippen molar-refractivity contribution in [2.45, 2.75) is 44.8 Å². The Hall–Kier alpha value is -0.700. The van der Waals surface area contributed by atoms with Gasteiger partial charge in [0, 0.05) is 0 Å². The van der Waals surface area contributed by atoms with Crippen LogP contribution in [0.4, 0.5) is 0 Å². The van der Waals surface area contributed by atoms with E-state index in [2.05, 4.69) is 5.18 Å². The van der Waals surface area contributed by atoms with E-state index in [1.807, 2.05) is 13.8 Å². The second kappa shape index (κ2) is 3.22. The summed E-state index contributed by atoms with van der Waals surface area (Å²) in [7, 11) is 0. The molecular weight excluding hydrogens is 166 g/mol. The first-order chi connectivity index (χ1) is 5.92. The maximum atomic E-state index is 10.5. The molecular formula is C10H17NO2. The molecule has 3 heteroatoms. The number of nitrogens with zero attached hydrogens (tertiary/aromatic N) is 1. The molecule has 0 radical (unpaired) electrons. The van der Waals surface area contributed by atoms with Gasteiger partial charge in [0.2, 0.25) is 0 Å². The van der Waals surface area contributed by atoms with Crippen LogP contribution in [0.3, 0.4) is 0 Å². The molecule has 0 saturated carbocycles. The van der Waals surface area contributed by atoms with Crippen LogP contribution in [-0.4, -0.2) is 16.2 Å². The topological polar surface area (TPSA) is 49.7 Å². The van der Waals surface area contributed by atoms with Crippen LogP contribution >= 0.6 is 0 Å². The normalized spacial score (nSPS) is 39.5. The highest BCUT2D eigenvalue weighted by Crippen LogP contribution is 2.35. The standard InChI is InChI=1S/C10H17NO2/c1-8(2)10(12)6-4-9(3,11-13)5-7-10/h4,6,8,12H,5,7H2,1-3H3/t9-,10-/m0/s1. The number of hydrogen-bond donors (Lipinski definition) is 1. The second-order valence-corrected chi connectivity index (χ2v) is 4.43. The molecule has 0 aliphatic heterocycles. The maximum Gasteiger partial charge on any atom is 0.118 e. The SMILES string of the molecule is CC(C)[C@]1(O)C=C[C@](C)(N=O)CC1. The zero-order valence-corrected chi connectivity index (χ0v) is 8.45. The molecule has 1 aliphatic rings. The van der Waals surface area contributed by atoms with Crippen molar-refractivity contribution in [3.05, 3.63) is 17.1 Å². The monoisotopic (exact) mass is 183 g/mol. The zero-order chi connectivity index (χ0) is 10.1. The number of rotatable bonds is 2. The Morgan fingerprint density at radius 2 is 2.00 bits per heavy atom. The Labute approximate surface area is 78.8 Å². The molecule has 0 unspecified atom stereocenters. The lowest BCUT2D eigenvalue weighted by Gasteiger charge is -2.35. The van der Waals surface area contributed by atoms with Gasteiger partial charge >= 0.3 is 0 Å². The molecule has 0 aromatic heterocycles. The lowest BCUT2D eigenvalue weighted by molar-refractivity contribution is 0.0228. The molecule has 0 fully saturated rings. The molecule has 0 amide bonds. The first-order valence-electron chi connectivity index (χ1n) is 4.69. The third kappa shape index (κ3) is 1.97. The van der Waals surface area contributed by atoms with E-state index >= 15 is 0 Å². The summed E-state index contributed by atoms with van der Waals surface area (Å²) < 4.78 is 0. The maximum absolute atomic E-state index is 10.5. The highest BCUT2D eigenvalue weighted by molar-refractivity contribution is 5.17. The average Bonchev–Trinajstić information content (AvgIpc) is 2.11. The van der Waals surface area contributed by atoms with Gasteiger partial charge in [-0.2, -0.15) is 0 Å². The van der Waals surface area contributed by atoms with Gasteiger partial charge < -0.3 is 5.11 Å². The molecule has 0 aromatic rings. The van der Waals surface area contributed by atoms with Gasteiger partial charge in [-0.1, -0.05) is 31.2 Å². The first-order valence-corrected chi connectivity index (χ1v) is 4.69.